The topological polar surface area (TPSA) is 21.1 Å². The lowest BCUT2D eigenvalue weighted by molar-refractivity contribution is 0.311. The highest BCUT2D eigenvalue weighted by Gasteiger charge is 2.23. The number of rotatable bonds is 1. The predicted molar refractivity (Wildman–Crippen MR) is 108 cm³/mol. The van der Waals surface area contributed by atoms with E-state index in [4.69, 9.17) is 0 Å². The Hall–Kier alpha value is -2.65. The van der Waals surface area contributed by atoms with Crippen LogP contribution in [-0.4, -0.2) is 28.0 Å². The van der Waals surface area contributed by atoms with Crippen LogP contribution in [0.1, 0.15) is 22.5 Å². The standard InChI is InChI=1S/C23H23N3/c1-15-4-9-22-19(12-15)20-14-25(3)11-10-23(20)26(22)18-7-8-21-17(13-18)6-5-16(2)24-21/h4-9,12-13H,10-11,14H2,1-3H3. The third-order valence-electron chi connectivity index (χ3n) is 5.56. The van der Waals surface area contributed by atoms with E-state index >= 15 is 0 Å². The summed E-state index contributed by atoms with van der Waals surface area (Å²) < 4.78 is 2.47. The van der Waals surface area contributed by atoms with Crippen molar-refractivity contribution in [2.75, 3.05) is 13.6 Å². The quantitative estimate of drug-likeness (QED) is 0.497. The van der Waals surface area contributed by atoms with Gasteiger partial charge in [0, 0.05) is 47.4 Å². The second-order valence-corrected chi connectivity index (χ2v) is 7.60. The summed E-state index contributed by atoms with van der Waals surface area (Å²) >= 11 is 0. The summed E-state index contributed by atoms with van der Waals surface area (Å²) in [7, 11) is 2.21. The Morgan fingerprint density at radius 2 is 1.85 bits per heavy atom. The first kappa shape index (κ1) is 15.6. The van der Waals surface area contributed by atoms with Gasteiger partial charge >= 0.3 is 0 Å². The monoisotopic (exact) mass is 341 g/mol. The van der Waals surface area contributed by atoms with Gasteiger partial charge in [0.1, 0.15) is 0 Å². The molecule has 1 aliphatic heterocycles. The molecule has 0 amide bonds. The summed E-state index contributed by atoms with van der Waals surface area (Å²) in [5.41, 5.74) is 8.95. The van der Waals surface area contributed by atoms with Crippen LogP contribution < -0.4 is 0 Å². The highest BCUT2D eigenvalue weighted by molar-refractivity contribution is 5.89. The zero-order valence-corrected chi connectivity index (χ0v) is 15.6. The van der Waals surface area contributed by atoms with E-state index in [9.17, 15) is 0 Å². The van der Waals surface area contributed by atoms with Gasteiger partial charge in [0.25, 0.3) is 0 Å². The molecule has 3 nitrogen and oxygen atoms in total. The van der Waals surface area contributed by atoms with Crippen molar-refractivity contribution < 1.29 is 0 Å². The number of aryl methyl sites for hydroxylation is 2. The zero-order valence-electron chi connectivity index (χ0n) is 15.6. The maximum atomic E-state index is 4.65. The van der Waals surface area contributed by atoms with Crippen molar-refractivity contribution in [2.24, 2.45) is 0 Å². The molecule has 0 unspecified atom stereocenters. The first-order chi connectivity index (χ1) is 12.6. The fraction of sp³-hybridized carbons (Fsp3) is 0.261. The van der Waals surface area contributed by atoms with Crippen LogP contribution in [0.2, 0.25) is 0 Å². The van der Waals surface area contributed by atoms with Crippen molar-refractivity contribution in [1.82, 2.24) is 14.5 Å². The van der Waals surface area contributed by atoms with Crippen molar-refractivity contribution >= 4 is 21.8 Å². The van der Waals surface area contributed by atoms with Gasteiger partial charge in [0.2, 0.25) is 0 Å². The highest BCUT2D eigenvalue weighted by atomic mass is 15.1. The minimum absolute atomic E-state index is 1.02. The molecular formula is C23H23N3. The number of pyridine rings is 1. The van der Waals surface area contributed by atoms with Gasteiger partial charge in [-0.3, -0.25) is 4.98 Å². The summed E-state index contributed by atoms with van der Waals surface area (Å²) in [5, 5.41) is 2.59. The molecular weight excluding hydrogens is 318 g/mol. The van der Waals surface area contributed by atoms with Crippen LogP contribution in [0.4, 0.5) is 0 Å². The van der Waals surface area contributed by atoms with Crippen LogP contribution in [-0.2, 0) is 13.0 Å². The minimum Gasteiger partial charge on any atom is -0.313 e. The number of nitrogens with zero attached hydrogens (tertiary/aromatic N) is 3. The summed E-state index contributed by atoms with van der Waals surface area (Å²) in [6, 6.07) is 17.8. The molecule has 0 bridgehead atoms. The minimum atomic E-state index is 1.02. The third-order valence-corrected chi connectivity index (χ3v) is 5.56. The Labute approximate surface area is 153 Å². The molecule has 0 radical (unpaired) electrons. The van der Waals surface area contributed by atoms with Gasteiger partial charge < -0.3 is 9.47 Å². The van der Waals surface area contributed by atoms with E-state index < -0.39 is 0 Å². The maximum Gasteiger partial charge on any atom is 0.0706 e. The lowest BCUT2D eigenvalue weighted by Gasteiger charge is -2.24. The molecule has 3 heteroatoms. The van der Waals surface area contributed by atoms with E-state index in [2.05, 4.69) is 77.0 Å². The molecule has 26 heavy (non-hydrogen) atoms. The molecule has 1 aliphatic rings. The normalized spacial score (nSPS) is 14.9. The number of hydrogen-bond acceptors (Lipinski definition) is 2. The van der Waals surface area contributed by atoms with Crippen LogP contribution in [0, 0.1) is 13.8 Å². The van der Waals surface area contributed by atoms with Gasteiger partial charge in [-0.25, -0.2) is 0 Å². The van der Waals surface area contributed by atoms with Gasteiger partial charge in [-0.15, -0.1) is 0 Å². The maximum absolute atomic E-state index is 4.65. The Bertz CT molecular complexity index is 1150. The van der Waals surface area contributed by atoms with E-state index in [1.165, 1.54) is 38.8 Å². The molecule has 0 spiro atoms. The van der Waals surface area contributed by atoms with Gasteiger partial charge in [-0.2, -0.15) is 0 Å². The van der Waals surface area contributed by atoms with Gasteiger partial charge in [0.15, 0.2) is 0 Å². The fourth-order valence-corrected chi connectivity index (χ4v) is 4.26. The average Bonchev–Trinajstić information content (AvgIpc) is 2.94. The second kappa shape index (κ2) is 5.68. The van der Waals surface area contributed by atoms with Gasteiger partial charge in [0.05, 0.1) is 11.0 Å². The van der Waals surface area contributed by atoms with Crippen molar-refractivity contribution in [3.05, 3.63) is 71.0 Å². The van der Waals surface area contributed by atoms with Crippen LogP contribution in [0.25, 0.3) is 27.5 Å². The first-order valence-corrected chi connectivity index (χ1v) is 9.29. The number of fused-ring (bicyclic) bond motifs is 4. The number of hydrogen-bond donors (Lipinski definition) is 0. The Kier molecular flexibility index (Phi) is 3.41. The summed E-state index contributed by atoms with van der Waals surface area (Å²) in [6.45, 7) is 6.36. The van der Waals surface area contributed by atoms with Crippen molar-refractivity contribution in [3.63, 3.8) is 0 Å². The van der Waals surface area contributed by atoms with E-state index in [0.29, 0.717) is 0 Å². The predicted octanol–water partition coefficient (Wildman–Crippen LogP) is 4.78. The first-order valence-electron chi connectivity index (χ1n) is 9.29. The molecule has 2 aromatic heterocycles. The van der Waals surface area contributed by atoms with Crippen LogP contribution in [0.5, 0.6) is 0 Å². The molecule has 5 rings (SSSR count). The zero-order chi connectivity index (χ0) is 17.8. The number of benzene rings is 2. The van der Waals surface area contributed by atoms with Crippen molar-refractivity contribution in [3.8, 4) is 5.69 Å². The molecule has 0 saturated heterocycles. The SMILES string of the molecule is Cc1ccc2c(c1)c1c(n2-c2ccc3nc(C)ccc3c2)CCN(C)C1. The van der Waals surface area contributed by atoms with Crippen LogP contribution in [0.3, 0.4) is 0 Å². The lowest BCUT2D eigenvalue weighted by Crippen LogP contribution is -2.27. The lowest BCUT2D eigenvalue weighted by atomic mass is 10.0. The Morgan fingerprint density at radius 3 is 2.73 bits per heavy atom. The van der Waals surface area contributed by atoms with E-state index in [1.807, 2.05) is 6.92 Å². The number of aromatic nitrogens is 2. The van der Waals surface area contributed by atoms with Gasteiger partial charge in [-0.05, 0) is 62.9 Å². The van der Waals surface area contributed by atoms with Crippen molar-refractivity contribution in [2.45, 2.75) is 26.8 Å². The van der Waals surface area contributed by atoms with E-state index in [1.54, 1.807) is 0 Å². The summed E-state index contributed by atoms with van der Waals surface area (Å²) in [4.78, 5) is 7.07. The molecule has 0 N–H and O–H groups in total. The molecule has 130 valence electrons. The molecule has 3 heterocycles. The van der Waals surface area contributed by atoms with Crippen LogP contribution in [0.15, 0.2) is 48.5 Å². The largest absolute Gasteiger partial charge is 0.313 e. The van der Waals surface area contributed by atoms with E-state index in [-0.39, 0.29) is 0 Å². The molecule has 0 fully saturated rings. The molecule has 0 saturated carbocycles. The average molecular weight is 341 g/mol. The van der Waals surface area contributed by atoms with Gasteiger partial charge in [-0.1, -0.05) is 17.7 Å². The second-order valence-electron chi connectivity index (χ2n) is 7.60. The smallest absolute Gasteiger partial charge is 0.0706 e. The molecule has 2 aromatic carbocycles. The van der Waals surface area contributed by atoms with E-state index in [0.717, 1.165) is 30.7 Å². The summed E-state index contributed by atoms with van der Waals surface area (Å²) in [6.07, 6.45) is 1.09. The highest BCUT2D eigenvalue weighted by Crippen LogP contribution is 2.34. The molecule has 4 aromatic rings. The molecule has 0 atom stereocenters. The fourth-order valence-electron chi connectivity index (χ4n) is 4.26. The summed E-state index contributed by atoms with van der Waals surface area (Å²) in [5.74, 6) is 0. The number of likely N-dealkylation sites (N-methyl/N-ethyl adjacent to an activating group) is 1. The molecule has 0 aliphatic carbocycles. The Morgan fingerprint density at radius 1 is 0.962 bits per heavy atom. The Balaban J connectivity index is 1.80. The van der Waals surface area contributed by atoms with Crippen molar-refractivity contribution in [1.29, 1.82) is 0 Å². The third kappa shape index (κ3) is 2.35. The van der Waals surface area contributed by atoms with Crippen LogP contribution >= 0.6 is 0 Å².